The largest absolute Gasteiger partial charge is 0.507 e. The van der Waals surface area contributed by atoms with Crippen LogP contribution < -0.4 is 5.19 Å². The summed E-state index contributed by atoms with van der Waals surface area (Å²) < 4.78 is 2.17. The first-order valence-electron chi connectivity index (χ1n) is 27.7. The number of fused-ring (bicyclic) bond motifs is 1. The van der Waals surface area contributed by atoms with E-state index in [0.29, 0.717) is 11.7 Å². The second-order valence-corrected chi connectivity index (χ2v) is 28.9. The second-order valence-electron chi connectivity index (χ2n) is 23.8. The average molecular weight is 1450 g/mol. The molecule has 0 saturated heterocycles. The predicted molar refractivity (Wildman–Crippen MR) is 337 cm³/mol. The molecule has 421 valence electrons. The first-order valence-corrected chi connectivity index (χ1v) is 31.2. The Morgan fingerprint density at radius 2 is 1.15 bits per heavy atom. The van der Waals surface area contributed by atoms with Crippen LogP contribution in [0.1, 0.15) is 72.1 Å². The molecule has 11 aromatic rings. The van der Waals surface area contributed by atoms with Crippen molar-refractivity contribution in [2.75, 3.05) is 0 Å². The van der Waals surface area contributed by atoms with Gasteiger partial charge in [0, 0.05) is 76.7 Å². The number of para-hydroxylation sites is 2. The number of rotatable bonds is 10. The van der Waals surface area contributed by atoms with Crippen molar-refractivity contribution in [1.29, 1.82) is 0 Å². The molecule has 0 aliphatic carbocycles. The number of phenolic OH excluding ortho intramolecular Hbond substituents is 1. The first-order chi connectivity index (χ1) is 38.3. The van der Waals surface area contributed by atoms with Gasteiger partial charge in [0.15, 0.2) is 0 Å². The van der Waals surface area contributed by atoms with E-state index >= 15 is 0 Å². The van der Waals surface area contributed by atoms with E-state index in [1.807, 2.05) is 97.2 Å². The van der Waals surface area contributed by atoms with Crippen LogP contribution in [-0.4, -0.2) is 37.7 Å². The van der Waals surface area contributed by atoms with Crippen molar-refractivity contribution < 1.29 is 46.3 Å². The fraction of sp³-hybridized carbons (Fsp3) is 0.205. The van der Waals surface area contributed by atoms with Crippen molar-refractivity contribution in [3.05, 3.63) is 248 Å². The minimum atomic E-state index is -1.34. The van der Waals surface area contributed by atoms with E-state index in [2.05, 4.69) is 217 Å². The molecule has 0 fully saturated rings. The number of imidazole rings is 1. The van der Waals surface area contributed by atoms with Gasteiger partial charge in [0.2, 0.25) is 0 Å². The van der Waals surface area contributed by atoms with Gasteiger partial charge in [-0.15, -0.1) is 102 Å². The Balaban J connectivity index is 0.000000232. The summed E-state index contributed by atoms with van der Waals surface area (Å²) in [6.07, 6.45) is 6.88. The Kier molecular flexibility index (Phi) is 20.8. The summed E-state index contributed by atoms with van der Waals surface area (Å²) in [6.45, 7) is 24.8. The quantitative estimate of drug-likeness (QED) is 0.109. The van der Waals surface area contributed by atoms with E-state index in [4.69, 9.17) is 9.97 Å². The van der Waals surface area contributed by atoms with Crippen LogP contribution in [0.3, 0.4) is 0 Å². The molecule has 0 amide bonds. The molecule has 0 aliphatic heterocycles. The van der Waals surface area contributed by atoms with Gasteiger partial charge in [-0.25, -0.2) is 4.98 Å². The molecule has 0 saturated carbocycles. The molecule has 6 nitrogen and oxygen atoms in total. The van der Waals surface area contributed by atoms with Crippen molar-refractivity contribution in [1.82, 2.24) is 24.5 Å². The molecule has 7 aromatic carbocycles. The molecule has 0 atom stereocenters. The molecule has 0 aliphatic rings. The third-order valence-electron chi connectivity index (χ3n) is 14.0. The molecule has 0 bridgehead atoms. The van der Waals surface area contributed by atoms with E-state index in [1.165, 1.54) is 10.8 Å². The van der Waals surface area contributed by atoms with Gasteiger partial charge in [0.05, 0.1) is 24.7 Å². The first kappa shape index (κ1) is 62.4. The number of aromatic nitrogens is 5. The summed E-state index contributed by atoms with van der Waals surface area (Å²) >= 11 is 0. The molecule has 0 spiro atoms. The smallest absolute Gasteiger partial charge is 0.148 e. The molecule has 4 heterocycles. The fourth-order valence-electron chi connectivity index (χ4n) is 9.86. The van der Waals surface area contributed by atoms with Gasteiger partial charge in [-0.2, -0.15) is 0 Å². The molecule has 1 radical (unpaired) electrons. The van der Waals surface area contributed by atoms with Crippen molar-refractivity contribution >= 4 is 24.3 Å². The molecule has 11 rings (SSSR count). The van der Waals surface area contributed by atoms with Crippen LogP contribution in [0.15, 0.2) is 213 Å². The van der Waals surface area contributed by atoms with Gasteiger partial charge in [0.25, 0.3) is 0 Å². The van der Waals surface area contributed by atoms with Gasteiger partial charge < -0.3 is 15.1 Å². The molecular weight excluding hydrogens is 1380 g/mol. The van der Waals surface area contributed by atoms with Crippen LogP contribution in [0.2, 0.25) is 19.6 Å². The van der Waals surface area contributed by atoms with Gasteiger partial charge >= 0.3 is 0 Å². The number of hydrogen-bond acceptors (Lipinski definition) is 5. The Morgan fingerprint density at radius 3 is 1.76 bits per heavy atom. The minimum Gasteiger partial charge on any atom is -0.507 e. The Hall–Kier alpha value is -7.19. The maximum absolute atomic E-state index is 12.0. The fourth-order valence-corrected chi connectivity index (χ4v) is 11.5. The van der Waals surface area contributed by atoms with Crippen LogP contribution in [0.5, 0.6) is 5.75 Å². The van der Waals surface area contributed by atoms with Crippen LogP contribution in [0.4, 0.5) is 0 Å². The van der Waals surface area contributed by atoms with Crippen LogP contribution >= 0.6 is 0 Å². The zero-order valence-corrected chi connectivity index (χ0v) is 54.5. The molecular formula is C73H72IrN5OPtSi-3. The number of hydrogen-bond donors (Lipinski definition) is 1. The molecule has 82 heavy (non-hydrogen) atoms. The van der Waals surface area contributed by atoms with Gasteiger partial charge in [-0.05, 0) is 92.8 Å². The van der Waals surface area contributed by atoms with Crippen molar-refractivity contribution in [3.8, 4) is 78.9 Å². The number of phenols is 1. The zero-order chi connectivity index (χ0) is 56.6. The van der Waals surface area contributed by atoms with E-state index < -0.39 is 8.07 Å². The molecule has 9 heteroatoms. The van der Waals surface area contributed by atoms with Crippen LogP contribution in [0, 0.1) is 24.1 Å². The average Bonchev–Trinajstić information content (AvgIpc) is 2.50. The summed E-state index contributed by atoms with van der Waals surface area (Å²) in [5, 5.41) is 13.4. The standard InChI is InChI=1S/C44H40N3O.C18H24NSi.C11H8N.Ir.Pt/c1-43(2,3)33-27-36(41(48)37(28-33)44(4,5)6)42-46-40-35(21-14-22-39(40)47(42)34-19-11-8-12-20-34)31-17-13-18-32(25-31)38-26-30(23-24-45-38)29-15-9-7-10-16-29;1-14(2)11-16-12-17(15-9-7-6-8-10-15)19-13-18(16)20(3,4)5;1-2-6-10(7-3-1)11-8-4-5-9-12-11;;/h7-24,26-28,48H,1-6H3;6-9,12-14H,11H2,1-5H3;1-6,8-9H;;/q3*-1;;. The van der Waals surface area contributed by atoms with E-state index in [0.717, 1.165) is 95.9 Å². The molecule has 1 N–H and O–H groups in total. The predicted octanol–water partition coefficient (Wildman–Crippen LogP) is 18.0. The third kappa shape index (κ3) is 15.1. The summed E-state index contributed by atoms with van der Waals surface area (Å²) in [4.78, 5) is 19.0. The van der Waals surface area contributed by atoms with Crippen molar-refractivity contribution in [3.63, 3.8) is 0 Å². The second kappa shape index (κ2) is 27.3. The van der Waals surface area contributed by atoms with Gasteiger partial charge in [-0.1, -0.05) is 183 Å². The van der Waals surface area contributed by atoms with Gasteiger partial charge in [0.1, 0.15) is 11.6 Å². The van der Waals surface area contributed by atoms with Crippen molar-refractivity contribution in [2.45, 2.75) is 92.3 Å². The van der Waals surface area contributed by atoms with E-state index in [9.17, 15) is 5.11 Å². The summed E-state index contributed by atoms with van der Waals surface area (Å²) in [5.74, 6) is 1.63. The SMILES string of the molecule is CC(C)(C)c1cc(-c2nc3c(-c4[c-]c(-c5cc(-c6ccccc6)ccn5)ccc4)cccc3n2-c2ccccc2)c(O)c(C(C)(C)C)c1.CC(C)Cc1cc(-c2[c-]cccc2)ncc1[Si](C)(C)C.[Ir].[Pt].[c-]1ccccc1-c1ccccn1. The Labute approximate surface area is 515 Å². The summed E-state index contributed by atoms with van der Waals surface area (Å²) in [7, 11) is -1.34. The van der Waals surface area contributed by atoms with E-state index in [-0.39, 0.29) is 57.8 Å². The zero-order valence-electron chi connectivity index (χ0n) is 48.8. The molecule has 0 unspecified atom stereocenters. The topological polar surface area (TPSA) is 76.7 Å². The van der Waals surface area contributed by atoms with Crippen LogP contribution in [0.25, 0.3) is 84.1 Å². The number of nitrogens with zero attached hydrogens (tertiary/aromatic N) is 5. The van der Waals surface area contributed by atoms with E-state index in [1.54, 1.807) is 6.20 Å². The van der Waals surface area contributed by atoms with Gasteiger partial charge in [-0.3, -0.25) is 9.55 Å². The monoisotopic (exact) mass is 1450 g/mol. The Morgan fingerprint density at radius 1 is 0.549 bits per heavy atom. The van der Waals surface area contributed by atoms with Crippen molar-refractivity contribution in [2.24, 2.45) is 5.92 Å². The summed E-state index contributed by atoms with van der Waals surface area (Å²) in [5.41, 5.74) is 16.7. The number of pyridine rings is 3. The van der Waals surface area contributed by atoms with Crippen LogP contribution in [-0.2, 0) is 58.4 Å². The molecule has 4 aromatic heterocycles. The minimum absolute atomic E-state index is 0. The normalized spacial score (nSPS) is 11.4. The Bertz CT molecular complexity index is 3800. The number of aromatic hydroxyl groups is 1. The maximum Gasteiger partial charge on any atom is 0.148 e. The maximum atomic E-state index is 12.0. The number of benzene rings is 7. The third-order valence-corrected chi connectivity index (χ3v) is 16.1. The summed E-state index contributed by atoms with van der Waals surface area (Å²) in [6, 6.07) is 75.6.